The number of carbonyl (C=O) groups is 1. The smallest absolute Gasteiger partial charge is 0.292 e. The normalized spacial score (nSPS) is 17.1. The Kier molecular flexibility index (Phi) is 5.43. The van der Waals surface area contributed by atoms with E-state index in [0.29, 0.717) is 24.7 Å². The fourth-order valence-corrected chi connectivity index (χ4v) is 4.13. The minimum atomic E-state index is -0.420. The lowest BCUT2D eigenvalue weighted by Crippen LogP contribution is -2.43. The number of nitrogens with zero attached hydrogens (tertiary/aromatic N) is 6. The van der Waals surface area contributed by atoms with Gasteiger partial charge in [0.15, 0.2) is 0 Å². The summed E-state index contributed by atoms with van der Waals surface area (Å²) in [6, 6.07) is 6.49. The minimum Gasteiger partial charge on any atom is -0.360 e. The van der Waals surface area contributed by atoms with Crippen molar-refractivity contribution in [2.75, 3.05) is 38.1 Å². The number of carbonyl (C=O) groups excluding carboxylic acids is 1. The number of nitro benzene ring substituents is 1. The van der Waals surface area contributed by atoms with Crippen LogP contribution >= 0.6 is 0 Å². The van der Waals surface area contributed by atoms with Crippen LogP contribution in [0, 0.1) is 10.1 Å². The van der Waals surface area contributed by atoms with E-state index in [2.05, 4.69) is 20.1 Å². The van der Waals surface area contributed by atoms with Gasteiger partial charge in [0.1, 0.15) is 17.3 Å². The molecule has 0 aliphatic carbocycles. The zero-order valence-corrected chi connectivity index (χ0v) is 16.5. The highest BCUT2D eigenvalue weighted by Crippen LogP contribution is 2.29. The average molecular weight is 399 g/mol. The van der Waals surface area contributed by atoms with E-state index in [4.69, 9.17) is 0 Å². The van der Waals surface area contributed by atoms with Crippen LogP contribution in [0.4, 0.5) is 11.4 Å². The number of para-hydroxylation sites is 2. The summed E-state index contributed by atoms with van der Waals surface area (Å²) in [6.45, 7) is 4.00. The second-order valence-electron chi connectivity index (χ2n) is 7.56. The summed E-state index contributed by atoms with van der Waals surface area (Å²) in [5, 5.41) is 23.2. The highest BCUT2D eigenvalue weighted by molar-refractivity contribution is 5.82. The molecule has 0 saturated carbocycles. The first-order valence-electron chi connectivity index (χ1n) is 9.89. The van der Waals surface area contributed by atoms with Crippen molar-refractivity contribution in [3.63, 3.8) is 0 Å². The number of amides is 1. The Morgan fingerprint density at radius 2 is 2.03 bits per heavy atom. The van der Waals surface area contributed by atoms with Gasteiger partial charge < -0.3 is 19.7 Å². The van der Waals surface area contributed by atoms with Gasteiger partial charge in [0.2, 0.25) is 5.91 Å². The number of hydrogen-bond acceptors (Lipinski definition) is 7. The number of hydrogen-bond donors (Lipinski definition) is 1. The second-order valence-corrected chi connectivity index (χ2v) is 7.56. The number of aromatic nitrogens is 3. The minimum absolute atomic E-state index is 0.00702. The molecule has 0 atom stereocenters. The molecule has 10 nitrogen and oxygen atoms in total. The van der Waals surface area contributed by atoms with Crippen LogP contribution in [-0.4, -0.2) is 63.7 Å². The molecular formula is C19H25N7O3. The van der Waals surface area contributed by atoms with E-state index >= 15 is 0 Å². The molecule has 0 spiro atoms. The van der Waals surface area contributed by atoms with E-state index in [9.17, 15) is 14.9 Å². The number of nitrogens with one attached hydrogen (secondary N) is 1. The van der Waals surface area contributed by atoms with Crippen LogP contribution in [0.2, 0.25) is 0 Å². The molecule has 0 radical (unpaired) electrons. The van der Waals surface area contributed by atoms with Gasteiger partial charge in [-0.25, -0.2) is 0 Å². The number of benzene rings is 1. The van der Waals surface area contributed by atoms with Gasteiger partial charge in [-0.15, -0.1) is 10.2 Å². The Labute approximate surface area is 168 Å². The van der Waals surface area contributed by atoms with Crippen LogP contribution in [-0.2, 0) is 17.9 Å². The molecule has 2 aromatic rings. The number of likely N-dealkylation sites (tertiary alicyclic amines) is 1. The fourth-order valence-electron chi connectivity index (χ4n) is 4.13. The van der Waals surface area contributed by atoms with Crippen molar-refractivity contribution in [3.05, 3.63) is 46.0 Å². The second kappa shape index (κ2) is 8.16. The van der Waals surface area contributed by atoms with Gasteiger partial charge >= 0.3 is 0 Å². The van der Waals surface area contributed by atoms with Gasteiger partial charge in [-0.3, -0.25) is 14.9 Å². The maximum absolute atomic E-state index is 12.8. The van der Waals surface area contributed by atoms with Gasteiger partial charge in [0.05, 0.1) is 18.0 Å². The van der Waals surface area contributed by atoms with Crippen LogP contribution in [0.1, 0.15) is 30.4 Å². The predicted molar refractivity (Wildman–Crippen MR) is 107 cm³/mol. The zero-order chi connectivity index (χ0) is 20.4. The van der Waals surface area contributed by atoms with Gasteiger partial charge in [-0.05, 0) is 18.9 Å². The van der Waals surface area contributed by atoms with E-state index in [1.165, 1.54) is 6.07 Å². The molecule has 154 valence electrons. The predicted octanol–water partition coefficient (Wildman–Crippen LogP) is 1.13. The number of piperidine rings is 1. The molecule has 1 amide bonds. The summed E-state index contributed by atoms with van der Waals surface area (Å²) < 4.78 is 2.21. The van der Waals surface area contributed by atoms with E-state index in [1.54, 1.807) is 30.1 Å². The highest BCUT2D eigenvalue weighted by Gasteiger charge is 2.29. The number of rotatable bonds is 5. The van der Waals surface area contributed by atoms with Gasteiger partial charge in [-0.2, -0.15) is 0 Å². The van der Waals surface area contributed by atoms with E-state index < -0.39 is 4.92 Å². The van der Waals surface area contributed by atoms with Crippen molar-refractivity contribution in [2.24, 2.45) is 0 Å². The van der Waals surface area contributed by atoms with E-state index in [-0.39, 0.29) is 18.1 Å². The SMILES string of the molecule is CN(CC(=O)N1CCC(c2nnc3n2CCNC3)CC1)c1ccccc1[N+](=O)[O-]. The molecule has 4 rings (SSSR count). The lowest BCUT2D eigenvalue weighted by Gasteiger charge is -2.33. The molecule has 1 fully saturated rings. The van der Waals surface area contributed by atoms with Crippen LogP contribution in [0.3, 0.4) is 0 Å². The first-order valence-corrected chi connectivity index (χ1v) is 9.89. The third kappa shape index (κ3) is 3.93. The van der Waals surface area contributed by atoms with Crippen molar-refractivity contribution in [2.45, 2.75) is 31.8 Å². The van der Waals surface area contributed by atoms with Crippen LogP contribution < -0.4 is 10.2 Å². The van der Waals surface area contributed by atoms with Crippen molar-refractivity contribution in [1.29, 1.82) is 0 Å². The molecule has 3 heterocycles. The third-order valence-corrected chi connectivity index (χ3v) is 5.73. The summed E-state index contributed by atoms with van der Waals surface area (Å²) in [6.07, 6.45) is 1.71. The third-order valence-electron chi connectivity index (χ3n) is 5.73. The van der Waals surface area contributed by atoms with Gasteiger partial charge in [0.25, 0.3) is 5.69 Å². The van der Waals surface area contributed by atoms with Crippen LogP contribution in [0.5, 0.6) is 0 Å². The summed E-state index contributed by atoms with van der Waals surface area (Å²) in [7, 11) is 1.71. The molecule has 2 aliphatic heterocycles. The molecule has 10 heteroatoms. The van der Waals surface area contributed by atoms with Crippen LogP contribution in [0.15, 0.2) is 24.3 Å². The van der Waals surface area contributed by atoms with Crippen molar-refractivity contribution < 1.29 is 9.72 Å². The molecule has 1 N–H and O–H groups in total. The summed E-state index contributed by atoms with van der Waals surface area (Å²) in [5.74, 6) is 2.31. The fraction of sp³-hybridized carbons (Fsp3) is 0.526. The number of anilines is 1. The summed E-state index contributed by atoms with van der Waals surface area (Å²) in [4.78, 5) is 27.1. The molecule has 1 aromatic heterocycles. The quantitative estimate of drug-likeness (QED) is 0.593. The average Bonchev–Trinajstić information content (AvgIpc) is 3.18. The largest absolute Gasteiger partial charge is 0.360 e. The maximum atomic E-state index is 12.8. The number of nitro groups is 1. The van der Waals surface area contributed by atoms with E-state index in [0.717, 1.165) is 44.1 Å². The first kappa shape index (κ1) is 19.3. The Bertz CT molecular complexity index is 905. The van der Waals surface area contributed by atoms with Gasteiger partial charge in [-0.1, -0.05) is 12.1 Å². The molecule has 1 saturated heterocycles. The highest BCUT2D eigenvalue weighted by atomic mass is 16.6. The Hall–Kier alpha value is -3.01. The molecule has 29 heavy (non-hydrogen) atoms. The maximum Gasteiger partial charge on any atom is 0.292 e. The summed E-state index contributed by atoms with van der Waals surface area (Å²) >= 11 is 0. The Balaban J connectivity index is 1.36. The number of likely N-dealkylation sites (N-methyl/N-ethyl adjacent to an activating group) is 1. The Morgan fingerprint density at radius 1 is 1.28 bits per heavy atom. The Morgan fingerprint density at radius 3 is 2.79 bits per heavy atom. The molecule has 2 aliphatic rings. The van der Waals surface area contributed by atoms with Crippen LogP contribution in [0.25, 0.3) is 0 Å². The lowest BCUT2D eigenvalue weighted by molar-refractivity contribution is -0.384. The standard InChI is InChI=1S/C19H25N7O3/c1-23(15-4-2-3-5-16(15)26(28)29)13-18(27)24-9-6-14(7-10-24)19-22-21-17-12-20-8-11-25(17)19/h2-5,14,20H,6-13H2,1H3. The number of fused-ring (bicyclic) bond motifs is 1. The molecule has 0 unspecified atom stereocenters. The van der Waals surface area contributed by atoms with E-state index in [1.807, 2.05) is 4.90 Å². The zero-order valence-electron chi connectivity index (χ0n) is 16.5. The van der Waals surface area contributed by atoms with Crippen molar-refractivity contribution in [3.8, 4) is 0 Å². The lowest BCUT2D eigenvalue weighted by atomic mass is 9.95. The van der Waals surface area contributed by atoms with Crippen molar-refractivity contribution in [1.82, 2.24) is 25.0 Å². The molecule has 0 bridgehead atoms. The van der Waals surface area contributed by atoms with Crippen molar-refractivity contribution >= 4 is 17.3 Å². The first-order chi connectivity index (χ1) is 14.0. The summed E-state index contributed by atoms with van der Waals surface area (Å²) in [5.41, 5.74) is 0.456. The monoisotopic (exact) mass is 399 g/mol. The molecular weight excluding hydrogens is 374 g/mol. The van der Waals surface area contributed by atoms with Gasteiger partial charge in [0, 0.05) is 45.2 Å². The topological polar surface area (TPSA) is 109 Å². The molecule has 1 aromatic carbocycles.